The smallest absolute Gasteiger partial charge is 0.316 e. The maximum absolute atomic E-state index is 11.3. The Labute approximate surface area is 123 Å². The van der Waals surface area contributed by atoms with Gasteiger partial charge in [-0.15, -0.1) is 10.2 Å². The lowest BCUT2D eigenvalue weighted by atomic mass is 10.2. The Kier molecular flexibility index (Phi) is 5.28. The third kappa shape index (κ3) is 4.57. The molecule has 0 radical (unpaired) electrons. The van der Waals surface area contributed by atoms with Crippen LogP contribution >= 0.6 is 0 Å². The monoisotopic (exact) mass is 289 g/mol. The van der Waals surface area contributed by atoms with Crippen molar-refractivity contribution >= 4 is 6.03 Å². The molecule has 2 aromatic rings. The minimum Gasteiger partial charge on any atom is -0.419 e. The molecule has 0 atom stereocenters. The lowest BCUT2D eigenvalue weighted by Crippen LogP contribution is -2.38. The molecule has 1 heterocycles. The number of benzene rings is 1. The number of amides is 2. The van der Waals surface area contributed by atoms with Gasteiger partial charge in [-0.1, -0.05) is 18.2 Å². The lowest BCUT2D eigenvalue weighted by Gasteiger charge is -2.11. The van der Waals surface area contributed by atoms with E-state index in [0.717, 1.165) is 5.56 Å². The Morgan fingerprint density at radius 3 is 2.67 bits per heavy atom. The average Bonchev–Trinajstić information content (AvgIpc) is 2.96. The third-order valence-electron chi connectivity index (χ3n) is 2.75. The molecule has 1 aromatic carbocycles. The third-order valence-corrected chi connectivity index (χ3v) is 2.75. The number of carbonyl (C=O) groups excluding carboxylic acids is 1. The molecule has 2 amide bonds. The maximum atomic E-state index is 11.3. The second-order valence-electron chi connectivity index (χ2n) is 4.67. The minimum atomic E-state index is -0.110. The van der Waals surface area contributed by atoms with Crippen LogP contribution in [0.4, 0.5) is 4.79 Å². The van der Waals surface area contributed by atoms with Gasteiger partial charge in [-0.3, -0.25) is 0 Å². The van der Waals surface area contributed by atoms with E-state index < -0.39 is 0 Å². The first-order valence-corrected chi connectivity index (χ1v) is 6.70. The number of nitrogens with zero attached hydrogens (tertiary/aromatic N) is 3. The zero-order valence-corrected chi connectivity index (χ0v) is 12.2. The summed E-state index contributed by atoms with van der Waals surface area (Å²) in [5, 5.41) is 13.9. The zero-order chi connectivity index (χ0) is 15.1. The molecular formula is C14H19N5O2. The molecule has 7 nitrogen and oxygen atoms in total. The van der Waals surface area contributed by atoms with Crippen molar-refractivity contribution in [3.05, 3.63) is 36.2 Å². The normalized spacial score (nSPS) is 10.4. The van der Waals surface area contributed by atoms with E-state index >= 15 is 0 Å². The van der Waals surface area contributed by atoms with Crippen LogP contribution in [-0.4, -0.2) is 48.3 Å². The van der Waals surface area contributed by atoms with Gasteiger partial charge in [-0.2, -0.15) is 0 Å². The van der Waals surface area contributed by atoms with Gasteiger partial charge >= 0.3 is 6.03 Å². The van der Waals surface area contributed by atoms with Crippen molar-refractivity contribution in [2.24, 2.45) is 0 Å². The van der Waals surface area contributed by atoms with E-state index in [0.29, 0.717) is 31.4 Å². The van der Waals surface area contributed by atoms with Gasteiger partial charge in [0, 0.05) is 32.7 Å². The SMILES string of the molecule is CN(C)C(=O)NCCNCc1nnc(-c2ccccc2)o1. The largest absolute Gasteiger partial charge is 0.419 e. The van der Waals surface area contributed by atoms with Crippen LogP contribution in [0, 0.1) is 0 Å². The summed E-state index contributed by atoms with van der Waals surface area (Å²) in [5.41, 5.74) is 0.898. The first-order chi connectivity index (χ1) is 10.2. The minimum absolute atomic E-state index is 0.110. The van der Waals surface area contributed by atoms with Crippen molar-refractivity contribution in [3.8, 4) is 11.5 Å². The van der Waals surface area contributed by atoms with Crippen molar-refractivity contribution in [1.29, 1.82) is 0 Å². The summed E-state index contributed by atoms with van der Waals surface area (Å²) in [6, 6.07) is 9.50. The highest BCUT2D eigenvalue weighted by Gasteiger charge is 2.07. The van der Waals surface area contributed by atoms with Gasteiger partial charge in [0.25, 0.3) is 0 Å². The van der Waals surface area contributed by atoms with Gasteiger partial charge in [0.2, 0.25) is 11.8 Å². The van der Waals surface area contributed by atoms with Crippen molar-refractivity contribution in [1.82, 2.24) is 25.7 Å². The summed E-state index contributed by atoms with van der Waals surface area (Å²) in [7, 11) is 3.40. The number of hydrogen-bond acceptors (Lipinski definition) is 5. The Morgan fingerprint density at radius 2 is 1.95 bits per heavy atom. The second kappa shape index (κ2) is 7.39. The molecule has 0 unspecified atom stereocenters. The molecule has 0 spiro atoms. The van der Waals surface area contributed by atoms with E-state index in [1.54, 1.807) is 14.1 Å². The van der Waals surface area contributed by atoms with E-state index in [1.165, 1.54) is 4.90 Å². The van der Waals surface area contributed by atoms with Crippen molar-refractivity contribution in [2.75, 3.05) is 27.2 Å². The molecule has 21 heavy (non-hydrogen) atoms. The molecule has 1 aromatic heterocycles. The van der Waals surface area contributed by atoms with Crippen LogP contribution in [0.1, 0.15) is 5.89 Å². The van der Waals surface area contributed by atoms with Crippen molar-refractivity contribution in [2.45, 2.75) is 6.54 Å². The summed E-state index contributed by atoms with van der Waals surface area (Å²) >= 11 is 0. The van der Waals surface area contributed by atoms with Crippen LogP contribution in [0.2, 0.25) is 0 Å². The van der Waals surface area contributed by atoms with Crippen LogP contribution in [0.3, 0.4) is 0 Å². The molecule has 0 saturated heterocycles. The van der Waals surface area contributed by atoms with Crippen molar-refractivity contribution in [3.63, 3.8) is 0 Å². The molecule has 2 rings (SSSR count). The first kappa shape index (κ1) is 15.0. The van der Waals surface area contributed by atoms with Crippen LogP contribution in [0.15, 0.2) is 34.7 Å². The van der Waals surface area contributed by atoms with Crippen LogP contribution in [-0.2, 0) is 6.54 Å². The van der Waals surface area contributed by atoms with Crippen molar-refractivity contribution < 1.29 is 9.21 Å². The molecule has 0 aliphatic heterocycles. The topological polar surface area (TPSA) is 83.3 Å². The second-order valence-corrected chi connectivity index (χ2v) is 4.67. The van der Waals surface area contributed by atoms with Crippen LogP contribution in [0.5, 0.6) is 0 Å². The molecule has 0 aliphatic carbocycles. The van der Waals surface area contributed by atoms with E-state index in [9.17, 15) is 4.79 Å². The summed E-state index contributed by atoms with van der Waals surface area (Å²) in [6.45, 7) is 1.64. The number of nitrogens with one attached hydrogen (secondary N) is 2. The standard InChI is InChI=1S/C14H19N5O2/c1-19(2)14(20)16-9-8-15-10-12-17-18-13(21-12)11-6-4-3-5-7-11/h3-7,15H,8-10H2,1-2H3,(H,16,20). The molecule has 0 bridgehead atoms. The predicted molar refractivity (Wildman–Crippen MR) is 78.5 cm³/mol. The molecule has 2 N–H and O–H groups in total. The summed E-state index contributed by atoms with van der Waals surface area (Å²) in [6.07, 6.45) is 0. The molecule has 112 valence electrons. The zero-order valence-electron chi connectivity index (χ0n) is 12.2. The quantitative estimate of drug-likeness (QED) is 0.778. The fraction of sp³-hybridized carbons (Fsp3) is 0.357. The van der Waals surface area contributed by atoms with Gasteiger partial charge in [-0.25, -0.2) is 4.79 Å². The Balaban J connectivity index is 1.73. The fourth-order valence-corrected chi connectivity index (χ4v) is 1.63. The number of aromatic nitrogens is 2. The summed E-state index contributed by atoms with van der Waals surface area (Å²) in [4.78, 5) is 12.8. The maximum Gasteiger partial charge on any atom is 0.316 e. The van der Waals surface area contributed by atoms with E-state index in [4.69, 9.17) is 4.42 Å². The Morgan fingerprint density at radius 1 is 1.19 bits per heavy atom. The molecule has 7 heteroatoms. The number of rotatable bonds is 6. The van der Waals surface area contributed by atoms with E-state index in [1.807, 2.05) is 30.3 Å². The summed E-state index contributed by atoms with van der Waals surface area (Å²) in [5.74, 6) is 1.03. The fourth-order valence-electron chi connectivity index (χ4n) is 1.63. The predicted octanol–water partition coefficient (Wildman–Crippen LogP) is 1.10. The number of carbonyl (C=O) groups is 1. The Bertz CT molecular complexity index is 568. The lowest BCUT2D eigenvalue weighted by molar-refractivity contribution is 0.217. The average molecular weight is 289 g/mol. The molecule has 0 aliphatic rings. The molecule has 0 fully saturated rings. The highest BCUT2D eigenvalue weighted by Crippen LogP contribution is 2.16. The highest BCUT2D eigenvalue weighted by atomic mass is 16.4. The number of urea groups is 1. The van der Waals surface area contributed by atoms with Gasteiger partial charge < -0.3 is 20.0 Å². The van der Waals surface area contributed by atoms with Crippen LogP contribution in [0.25, 0.3) is 11.5 Å². The highest BCUT2D eigenvalue weighted by molar-refractivity contribution is 5.73. The first-order valence-electron chi connectivity index (χ1n) is 6.70. The van der Waals surface area contributed by atoms with E-state index in [2.05, 4.69) is 20.8 Å². The summed E-state index contributed by atoms with van der Waals surface area (Å²) < 4.78 is 5.56. The van der Waals surface area contributed by atoms with Gasteiger partial charge in [-0.05, 0) is 12.1 Å². The Hall–Kier alpha value is -2.41. The molecular weight excluding hydrogens is 270 g/mol. The van der Waals surface area contributed by atoms with Crippen LogP contribution < -0.4 is 10.6 Å². The van der Waals surface area contributed by atoms with E-state index in [-0.39, 0.29) is 6.03 Å². The molecule has 0 saturated carbocycles. The number of hydrogen-bond donors (Lipinski definition) is 2. The van der Waals surface area contributed by atoms with Gasteiger partial charge in [0.1, 0.15) is 0 Å². The van der Waals surface area contributed by atoms with Gasteiger partial charge in [0.05, 0.1) is 6.54 Å². The van der Waals surface area contributed by atoms with Gasteiger partial charge in [0.15, 0.2) is 0 Å².